The Morgan fingerprint density at radius 1 is 1.16 bits per heavy atom. The predicted molar refractivity (Wildman–Crippen MR) is 137 cm³/mol. The van der Waals surface area contributed by atoms with Crippen LogP contribution in [0.25, 0.3) is 6.08 Å². The van der Waals surface area contributed by atoms with E-state index in [0.717, 1.165) is 40.7 Å². The summed E-state index contributed by atoms with van der Waals surface area (Å²) in [7, 11) is 0. The molecule has 31 heavy (non-hydrogen) atoms. The van der Waals surface area contributed by atoms with Crippen LogP contribution in [0.3, 0.4) is 0 Å². The number of amides is 2. The number of carbonyl (C=O) groups excluding carboxylic acids is 3. The normalized spacial score (nSPS) is 15.0. The van der Waals surface area contributed by atoms with Gasteiger partial charge < -0.3 is 9.47 Å². The second-order valence-electron chi connectivity index (χ2n) is 6.30. The minimum Gasteiger partial charge on any atom is -0.487 e. The number of esters is 1. The molecule has 0 radical (unpaired) electrons. The SMILES string of the molecule is CCOC(=O)CN1C(=O)S/C(=C/c2cc(I)c(OCc3ccc(Cl)cc3)c(I)c2)C1=O. The van der Waals surface area contributed by atoms with Gasteiger partial charge in [0.1, 0.15) is 18.9 Å². The number of halogens is 3. The number of carbonyl (C=O) groups is 3. The molecular weight excluding hydrogens is 668 g/mol. The van der Waals surface area contributed by atoms with E-state index in [4.69, 9.17) is 21.1 Å². The molecule has 6 nitrogen and oxygen atoms in total. The number of imide groups is 1. The third-order valence-electron chi connectivity index (χ3n) is 4.08. The zero-order valence-electron chi connectivity index (χ0n) is 16.2. The minimum atomic E-state index is -0.614. The van der Waals surface area contributed by atoms with Gasteiger partial charge in [-0.05, 0) is 105 Å². The average Bonchev–Trinajstić information content (AvgIpc) is 2.96. The lowest BCUT2D eigenvalue weighted by Gasteiger charge is -2.12. The van der Waals surface area contributed by atoms with Crippen LogP contribution in [0.5, 0.6) is 5.75 Å². The first kappa shape index (κ1) is 24.3. The molecule has 2 amide bonds. The Hall–Kier alpha value is -1.31. The molecule has 1 fully saturated rings. The molecule has 0 N–H and O–H groups in total. The molecule has 1 aliphatic rings. The highest BCUT2D eigenvalue weighted by Crippen LogP contribution is 2.35. The molecule has 0 saturated carbocycles. The van der Waals surface area contributed by atoms with E-state index in [1.807, 2.05) is 36.4 Å². The van der Waals surface area contributed by atoms with E-state index in [1.54, 1.807) is 13.0 Å². The Morgan fingerprint density at radius 3 is 2.42 bits per heavy atom. The fourth-order valence-electron chi connectivity index (χ4n) is 2.66. The lowest BCUT2D eigenvalue weighted by Crippen LogP contribution is -2.34. The second-order valence-corrected chi connectivity index (χ2v) is 10.1. The number of ether oxygens (including phenoxy) is 2. The highest BCUT2D eigenvalue weighted by atomic mass is 127. The number of thioether (sulfide) groups is 1. The molecule has 0 unspecified atom stereocenters. The fraction of sp³-hybridized carbons (Fsp3) is 0.190. The van der Waals surface area contributed by atoms with Gasteiger partial charge in [-0.15, -0.1) is 0 Å². The summed E-state index contributed by atoms with van der Waals surface area (Å²) in [5.41, 5.74) is 1.75. The molecule has 1 saturated heterocycles. The van der Waals surface area contributed by atoms with E-state index < -0.39 is 17.1 Å². The number of hydrogen-bond acceptors (Lipinski definition) is 6. The topological polar surface area (TPSA) is 72.9 Å². The Labute approximate surface area is 215 Å². The Bertz CT molecular complexity index is 1040. The summed E-state index contributed by atoms with van der Waals surface area (Å²) in [5.74, 6) is -0.378. The highest BCUT2D eigenvalue weighted by molar-refractivity contribution is 14.1. The summed E-state index contributed by atoms with van der Waals surface area (Å²) in [5, 5.41) is 0.181. The van der Waals surface area contributed by atoms with Crippen molar-refractivity contribution in [1.29, 1.82) is 0 Å². The summed E-state index contributed by atoms with van der Waals surface area (Å²) in [6.07, 6.45) is 1.64. The van der Waals surface area contributed by atoms with Crippen molar-refractivity contribution < 1.29 is 23.9 Å². The maximum Gasteiger partial charge on any atom is 0.326 e. The van der Waals surface area contributed by atoms with Crippen molar-refractivity contribution in [3.63, 3.8) is 0 Å². The zero-order chi connectivity index (χ0) is 22.5. The van der Waals surface area contributed by atoms with Gasteiger partial charge in [0.25, 0.3) is 11.1 Å². The molecule has 1 aliphatic heterocycles. The van der Waals surface area contributed by atoms with Crippen LogP contribution in [-0.4, -0.2) is 35.2 Å². The van der Waals surface area contributed by atoms with Gasteiger partial charge in [0, 0.05) is 5.02 Å². The summed E-state index contributed by atoms with van der Waals surface area (Å²) in [6.45, 7) is 1.86. The van der Waals surface area contributed by atoms with Crippen LogP contribution < -0.4 is 4.74 Å². The molecule has 2 aromatic rings. The molecule has 0 bridgehead atoms. The zero-order valence-corrected chi connectivity index (χ0v) is 22.1. The van der Waals surface area contributed by atoms with Crippen LogP contribution in [0.2, 0.25) is 5.02 Å². The standard InChI is InChI=1S/C21H16ClI2NO5S/c1-2-29-18(26)10-25-20(27)17(31-21(25)28)9-13-7-15(23)19(16(24)8-13)30-11-12-3-5-14(22)6-4-12/h3-9H,2,10-11H2,1H3/b17-9+. The first-order chi connectivity index (χ1) is 14.8. The van der Waals surface area contributed by atoms with Crippen molar-refractivity contribution in [2.24, 2.45) is 0 Å². The lowest BCUT2D eigenvalue weighted by atomic mass is 10.2. The minimum absolute atomic E-state index is 0.189. The molecule has 10 heteroatoms. The smallest absolute Gasteiger partial charge is 0.326 e. The van der Waals surface area contributed by atoms with Gasteiger partial charge in [0.05, 0.1) is 18.7 Å². The molecule has 162 valence electrons. The number of hydrogen-bond donors (Lipinski definition) is 0. The van der Waals surface area contributed by atoms with E-state index in [2.05, 4.69) is 45.2 Å². The van der Waals surface area contributed by atoms with Crippen LogP contribution in [0.4, 0.5) is 4.79 Å². The third kappa shape index (κ3) is 6.36. The predicted octanol–water partition coefficient (Wildman–Crippen LogP) is 5.73. The van der Waals surface area contributed by atoms with E-state index in [9.17, 15) is 14.4 Å². The van der Waals surface area contributed by atoms with Crippen LogP contribution in [0.15, 0.2) is 41.3 Å². The van der Waals surface area contributed by atoms with Crippen LogP contribution in [0, 0.1) is 7.14 Å². The van der Waals surface area contributed by atoms with Gasteiger partial charge >= 0.3 is 5.97 Å². The molecule has 1 heterocycles. The monoisotopic (exact) mass is 683 g/mol. The Balaban J connectivity index is 1.74. The number of nitrogens with zero attached hydrogens (tertiary/aromatic N) is 1. The second kappa shape index (κ2) is 11.0. The van der Waals surface area contributed by atoms with Crippen molar-refractivity contribution in [3.05, 3.63) is 64.6 Å². The van der Waals surface area contributed by atoms with Gasteiger partial charge in [-0.25, -0.2) is 0 Å². The van der Waals surface area contributed by atoms with Gasteiger partial charge in [-0.1, -0.05) is 23.7 Å². The van der Waals surface area contributed by atoms with Crippen molar-refractivity contribution in [1.82, 2.24) is 4.90 Å². The van der Waals surface area contributed by atoms with Crippen LogP contribution in [-0.2, 0) is 20.9 Å². The molecule has 0 aromatic heterocycles. The third-order valence-corrected chi connectivity index (χ3v) is 6.84. The fourth-order valence-corrected chi connectivity index (χ4v) is 5.75. The highest BCUT2D eigenvalue weighted by Gasteiger charge is 2.36. The van der Waals surface area contributed by atoms with E-state index in [-0.39, 0.29) is 18.1 Å². The molecule has 0 atom stereocenters. The number of rotatable bonds is 7. The van der Waals surface area contributed by atoms with Crippen molar-refractivity contribution in [2.45, 2.75) is 13.5 Å². The molecule has 0 aliphatic carbocycles. The van der Waals surface area contributed by atoms with Crippen molar-refractivity contribution in [3.8, 4) is 5.75 Å². The summed E-state index contributed by atoms with van der Waals surface area (Å²) >= 11 is 11.1. The maximum atomic E-state index is 12.6. The largest absolute Gasteiger partial charge is 0.487 e. The average molecular weight is 684 g/mol. The van der Waals surface area contributed by atoms with E-state index in [0.29, 0.717) is 11.6 Å². The first-order valence-electron chi connectivity index (χ1n) is 9.05. The Morgan fingerprint density at radius 2 is 1.81 bits per heavy atom. The summed E-state index contributed by atoms with van der Waals surface area (Å²) in [6, 6.07) is 11.2. The van der Waals surface area contributed by atoms with Gasteiger partial charge in [-0.2, -0.15) is 0 Å². The van der Waals surface area contributed by atoms with Crippen molar-refractivity contribution in [2.75, 3.05) is 13.2 Å². The molecule has 3 rings (SSSR count). The van der Waals surface area contributed by atoms with Gasteiger partial charge in [0.15, 0.2) is 0 Å². The molecule has 0 spiro atoms. The van der Waals surface area contributed by atoms with Gasteiger partial charge in [-0.3, -0.25) is 19.3 Å². The summed E-state index contributed by atoms with van der Waals surface area (Å²) in [4.78, 5) is 37.5. The lowest BCUT2D eigenvalue weighted by molar-refractivity contribution is -0.145. The Kier molecular flexibility index (Phi) is 8.65. The van der Waals surface area contributed by atoms with Crippen molar-refractivity contribution >= 4 is 91.7 Å². The van der Waals surface area contributed by atoms with Gasteiger partial charge in [0.2, 0.25) is 0 Å². The van der Waals surface area contributed by atoms with Crippen LogP contribution in [0.1, 0.15) is 18.1 Å². The van der Waals surface area contributed by atoms with Crippen LogP contribution >= 0.6 is 68.5 Å². The number of benzene rings is 2. The van der Waals surface area contributed by atoms with E-state index in [1.165, 1.54) is 0 Å². The first-order valence-corrected chi connectivity index (χ1v) is 12.4. The summed E-state index contributed by atoms with van der Waals surface area (Å²) < 4.78 is 12.5. The van der Waals surface area contributed by atoms with E-state index >= 15 is 0 Å². The molecular formula is C21H16ClI2NO5S. The quantitative estimate of drug-likeness (QED) is 0.211. The maximum absolute atomic E-state index is 12.6. The molecule has 2 aromatic carbocycles.